The molecule has 5 nitrogen and oxygen atoms in total. The first-order valence-electron chi connectivity index (χ1n) is 8.00. The number of fused-ring (bicyclic) bond motifs is 1. The average molecular weight is 277 g/mol. The maximum Gasteiger partial charge on any atom is 0.242 e. The van der Waals surface area contributed by atoms with Crippen LogP contribution in [-0.4, -0.2) is 60.4 Å². The molecule has 2 saturated heterocycles. The highest BCUT2D eigenvalue weighted by molar-refractivity contribution is 5.90. The second-order valence-corrected chi connectivity index (χ2v) is 6.92. The summed E-state index contributed by atoms with van der Waals surface area (Å²) in [5.74, 6) is 0.893. The molecular weight excluding hydrogens is 254 g/mol. The van der Waals surface area contributed by atoms with Crippen molar-refractivity contribution >= 4 is 11.8 Å². The fraction of sp³-hybridized carbons (Fsp3) is 0.867. The summed E-state index contributed by atoms with van der Waals surface area (Å²) < 4.78 is 0. The van der Waals surface area contributed by atoms with Gasteiger partial charge in [-0.25, -0.2) is 0 Å². The zero-order chi connectivity index (χ0) is 13.7. The molecular formula is C15H23N3O2. The van der Waals surface area contributed by atoms with Crippen LogP contribution in [0.25, 0.3) is 0 Å². The zero-order valence-corrected chi connectivity index (χ0v) is 11.9. The third-order valence-electron chi connectivity index (χ3n) is 5.75. The predicted octanol–water partition coefficient (Wildman–Crippen LogP) is 0.209. The summed E-state index contributed by atoms with van der Waals surface area (Å²) in [6.45, 7) is 3.57. The van der Waals surface area contributed by atoms with Gasteiger partial charge in [0.05, 0.1) is 12.0 Å². The highest BCUT2D eigenvalue weighted by atomic mass is 16.2. The van der Waals surface area contributed by atoms with Crippen molar-refractivity contribution in [3.63, 3.8) is 0 Å². The van der Waals surface area contributed by atoms with Gasteiger partial charge < -0.3 is 15.1 Å². The van der Waals surface area contributed by atoms with Crippen molar-refractivity contribution in [3.05, 3.63) is 0 Å². The van der Waals surface area contributed by atoms with E-state index >= 15 is 0 Å². The fourth-order valence-corrected chi connectivity index (χ4v) is 4.45. The van der Waals surface area contributed by atoms with Gasteiger partial charge in [-0.3, -0.25) is 9.59 Å². The molecule has 1 N–H and O–H groups in total. The van der Waals surface area contributed by atoms with Crippen molar-refractivity contribution in [2.24, 2.45) is 11.3 Å². The number of hydrogen-bond donors (Lipinski definition) is 1. The molecule has 2 saturated carbocycles. The van der Waals surface area contributed by atoms with E-state index in [1.807, 2.05) is 9.80 Å². The van der Waals surface area contributed by atoms with E-state index in [0.29, 0.717) is 18.5 Å². The van der Waals surface area contributed by atoms with Gasteiger partial charge in [0.1, 0.15) is 0 Å². The number of nitrogens with zero attached hydrogens (tertiary/aromatic N) is 2. The SMILES string of the molecule is O=C1CN(C(=O)[C@@]23CCC[C@@H]2CNC3)CCN1C1CC1. The van der Waals surface area contributed by atoms with Gasteiger partial charge in [0.2, 0.25) is 11.8 Å². The van der Waals surface area contributed by atoms with Crippen LogP contribution in [0, 0.1) is 11.3 Å². The van der Waals surface area contributed by atoms with Gasteiger partial charge in [-0.2, -0.15) is 0 Å². The lowest BCUT2D eigenvalue weighted by Gasteiger charge is -2.39. The van der Waals surface area contributed by atoms with Gasteiger partial charge in [-0.15, -0.1) is 0 Å². The molecule has 2 heterocycles. The van der Waals surface area contributed by atoms with Crippen LogP contribution in [0.15, 0.2) is 0 Å². The van der Waals surface area contributed by atoms with Crippen molar-refractivity contribution in [2.45, 2.75) is 38.1 Å². The molecule has 2 aliphatic heterocycles. The summed E-state index contributed by atoms with van der Waals surface area (Å²) in [5, 5.41) is 3.39. The van der Waals surface area contributed by atoms with E-state index in [0.717, 1.165) is 58.3 Å². The summed E-state index contributed by atoms with van der Waals surface area (Å²) in [5.41, 5.74) is -0.192. The molecule has 0 aromatic rings. The molecule has 0 radical (unpaired) electrons. The van der Waals surface area contributed by atoms with E-state index in [2.05, 4.69) is 5.32 Å². The Bertz CT molecular complexity index is 436. The first kappa shape index (κ1) is 12.6. The Kier molecular flexibility index (Phi) is 2.81. The molecule has 4 aliphatic rings. The summed E-state index contributed by atoms with van der Waals surface area (Å²) >= 11 is 0. The molecule has 0 aromatic heterocycles. The van der Waals surface area contributed by atoms with Crippen LogP contribution in [-0.2, 0) is 9.59 Å². The smallest absolute Gasteiger partial charge is 0.242 e. The van der Waals surface area contributed by atoms with Crippen LogP contribution in [0.5, 0.6) is 0 Å². The lowest BCUT2D eigenvalue weighted by atomic mass is 9.79. The molecule has 0 bridgehead atoms. The summed E-state index contributed by atoms with van der Waals surface area (Å²) in [7, 11) is 0. The minimum atomic E-state index is -0.192. The second kappa shape index (κ2) is 4.45. The topological polar surface area (TPSA) is 52.7 Å². The molecule has 0 spiro atoms. The molecule has 20 heavy (non-hydrogen) atoms. The van der Waals surface area contributed by atoms with Gasteiger partial charge in [0.15, 0.2) is 0 Å². The van der Waals surface area contributed by atoms with Crippen LogP contribution >= 0.6 is 0 Å². The Hall–Kier alpha value is -1.10. The van der Waals surface area contributed by atoms with E-state index < -0.39 is 0 Å². The van der Waals surface area contributed by atoms with Crippen LogP contribution < -0.4 is 5.32 Å². The zero-order valence-electron chi connectivity index (χ0n) is 11.9. The number of carbonyl (C=O) groups excluding carboxylic acids is 2. The fourth-order valence-electron chi connectivity index (χ4n) is 4.45. The number of carbonyl (C=O) groups is 2. The Morgan fingerprint density at radius 1 is 1.25 bits per heavy atom. The molecule has 4 rings (SSSR count). The Balaban J connectivity index is 1.48. The van der Waals surface area contributed by atoms with Gasteiger partial charge in [-0.05, 0) is 38.1 Å². The molecule has 4 fully saturated rings. The maximum absolute atomic E-state index is 13.0. The number of nitrogens with one attached hydrogen (secondary N) is 1. The van der Waals surface area contributed by atoms with Crippen molar-refractivity contribution in [1.82, 2.24) is 15.1 Å². The highest BCUT2D eigenvalue weighted by Gasteiger charge is 2.53. The lowest BCUT2D eigenvalue weighted by molar-refractivity contribution is -0.152. The largest absolute Gasteiger partial charge is 0.336 e. The van der Waals surface area contributed by atoms with Crippen LogP contribution in [0.3, 0.4) is 0 Å². The monoisotopic (exact) mass is 277 g/mol. The third-order valence-corrected chi connectivity index (χ3v) is 5.75. The average Bonchev–Trinajstić information content (AvgIpc) is 3.06. The van der Waals surface area contributed by atoms with Crippen molar-refractivity contribution in [3.8, 4) is 0 Å². The summed E-state index contributed by atoms with van der Waals surface area (Å²) in [4.78, 5) is 29.0. The van der Waals surface area contributed by atoms with Crippen LogP contribution in [0.1, 0.15) is 32.1 Å². The van der Waals surface area contributed by atoms with Crippen molar-refractivity contribution in [2.75, 3.05) is 32.7 Å². The summed E-state index contributed by atoms with van der Waals surface area (Å²) in [6, 6.07) is 0.477. The minimum absolute atomic E-state index is 0.156. The maximum atomic E-state index is 13.0. The normalized spacial score (nSPS) is 37.4. The molecule has 2 atom stereocenters. The first-order chi connectivity index (χ1) is 9.71. The standard InChI is InChI=1S/C15H23N3O2/c19-13-9-17(6-7-18(13)12-3-4-12)14(20)15-5-1-2-11(15)8-16-10-15/h11-12,16H,1-10H2/t11-,15-/m1/s1. The van der Waals surface area contributed by atoms with E-state index in [1.54, 1.807) is 0 Å². The second-order valence-electron chi connectivity index (χ2n) is 6.92. The van der Waals surface area contributed by atoms with Crippen molar-refractivity contribution < 1.29 is 9.59 Å². The lowest BCUT2D eigenvalue weighted by Crippen LogP contribution is -2.57. The minimum Gasteiger partial charge on any atom is -0.336 e. The van der Waals surface area contributed by atoms with Crippen molar-refractivity contribution in [1.29, 1.82) is 0 Å². The Morgan fingerprint density at radius 2 is 2.10 bits per heavy atom. The molecule has 5 heteroatoms. The number of piperazine rings is 1. The van der Waals surface area contributed by atoms with Gasteiger partial charge in [-0.1, -0.05) is 6.42 Å². The van der Waals surface area contributed by atoms with E-state index in [-0.39, 0.29) is 17.2 Å². The Labute approximate surface area is 119 Å². The number of hydrogen-bond acceptors (Lipinski definition) is 3. The number of rotatable bonds is 2. The van der Waals surface area contributed by atoms with E-state index in [1.165, 1.54) is 0 Å². The molecule has 2 amide bonds. The Morgan fingerprint density at radius 3 is 2.85 bits per heavy atom. The van der Waals surface area contributed by atoms with Crippen LogP contribution in [0.2, 0.25) is 0 Å². The van der Waals surface area contributed by atoms with Gasteiger partial charge in [0.25, 0.3) is 0 Å². The first-order valence-corrected chi connectivity index (χ1v) is 8.00. The van der Waals surface area contributed by atoms with Gasteiger partial charge >= 0.3 is 0 Å². The van der Waals surface area contributed by atoms with Gasteiger partial charge in [0, 0.05) is 25.7 Å². The molecule has 0 unspecified atom stereocenters. The summed E-state index contributed by atoms with van der Waals surface area (Å²) in [6.07, 6.45) is 5.62. The van der Waals surface area contributed by atoms with E-state index in [4.69, 9.17) is 0 Å². The van der Waals surface area contributed by atoms with E-state index in [9.17, 15) is 9.59 Å². The molecule has 2 aliphatic carbocycles. The highest BCUT2D eigenvalue weighted by Crippen LogP contribution is 2.47. The third kappa shape index (κ3) is 1.79. The molecule has 0 aromatic carbocycles. The quantitative estimate of drug-likeness (QED) is 0.785. The molecule has 110 valence electrons. The number of amides is 2. The van der Waals surface area contributed by atoms with Crippen LogP contribution in [0.4, 0.5) is 0 Å². The predicted molar refractivity (Wildman–Crippen MR) is 74.0 cm³/mol.